The second kappa shape index (κ2) is 7.35. The predicted molar refractivity (Wildman–Crippen MR) is 102 cm³/mol. The molecule has 0 aromatic carbocycles. The number of nitrogens with two attached hydrogens (primary N) is 1. The van der Waals surface area contributed by atoms with Gasteiger partial charge in [-0.05, 0) is 67.4 Å². The van der Waals surface area contributed by atoms with Crippen molar-refractivity contribution < 1.29 is 4.79 Å². The van der Waals surface area contributed by atoms with Crippen molar-refractivity contribution in [2.45, 2.75) is 64.0 Å². The van der Waals surface area contributed by atoms with Crippen molar-refractivity contribution in [3.63, 3.8) is 0 Å². The minimum absolute atomic E-state index is 0. The third-order valence-electron chi connectivity index (χ3n) is 6.53. The normalized spacial score (nSPS) is 35.1. The van der Waals surface area contributed by atoms with Gasteiger partial charge in [-0.3, -0.25) is 4.79 Å². The summed E-state index contributed by atoms with van der Waals surface area (Å²) in [6.45, 7) is 3.12. The summed E-state index contributed by atoms with van der Waals surface area (Å²) in [5, 5.41) is 2.19. The van der Waals surface area contributed by atoms with Crippen molar-refractivity contribution in [1.82, 2.24) is 4.90 Å². The van der Waals surface area contributed by atoms with Crippen molar-refractivity contribution in [2.24, 2.45) is 23.5 Å². The van der Waals surface area contributed by atoms with Gasteiger partial charge in [0.15, 0.2) is 0 Å². The van der Waals surface area contributed by atoms with Gasteiger partial charge in [-0.1, -0.05) is 13.3 Å². The van der Waals surface area contributed by atoms with Crippen LogP contribution >= 0.6 is 23.7 Å². The first-order chi connectivity index (χ1) is 11.2. The van der Waals surface area contributed by atoms with Gasteiger partial charge in [-0.25, -0.2) is 0 Å². The molecule has 0 saturated heterocycles. The Hall–Kier alpha value is -0.580. The van der Waals surface area contributed by atoms with Gasteiger partial charge in [-0.15, -0.1) is 23.7 Å². The summed E-state index contributed by atoms with van der Waals surface area (Å²) >= 11 is 1.85. The Morgan fingerprint density at radius 1 is 1.33 bits per heavy atom. The smallest absolute Gasteiger partial charge is 0.226 e. The third-order valence-corrected chi connectivity index (χ3v) is 7.52. The van der Waals surface area contributed by atoms with Crippen LogP contribution in [0.4, 0.5) is 0 Å². The van der Waals surface area contributed by atoms with Crippen molar-refractivity contribution in [3.05, 3.63) is 21.9 Å². The molecule has 3 aliphatic rings. The van der Waals surface area contributed by atoms with Gasteiger partial charge < -0.3 is 10.6 Å². The van der Waals surface area contributed by atoms with Gasteiger partial charge in [0.25, 0.3) is 0 Å². The van der Waals surface area contributed by atoms with Crippen molar-refractivity contribution in [1.29, 1.82) is 0 Å². The second-order valence-electron chi connectivity index (χ2n) is 7.70. The van der Waals surface area contributed by atoms with E-state index in [2.05, 4.69) is 23.3 Å². The summed E-state index contributed by atoms with van der Waals surface area (Å²) in [7, 11) is 0. The molecule has 1 aromatic heterocycles. The van der Waals surface area contributed by atoms with Gasteiger partial charge in [0, 0.05) is 23.4 Å². The lowest BCUT2D eigenvalue weighted by Gasteiger charge is -2.46. The van der Waals surface area contributed by atoms with E-state index >= 15 is 0 Å². The zero-order chi connectivity index (χ0) is 16.0. The molecule has 2 saturated carbocycles. The van der Waals surface area contributed by atoms with E-state index in [1.807, 2.05) is 11.3 Å². The van der Waals surface area contributed by atoms with E-state index in [1.165, 1.54) is 29.7 Å². The standard InChI is InChI=1S/C19H28N2OS.ClH/c1-2-16-15-7-9-23-17(15)6-8-21(16)19(22)14-10-12-4-3-5-13(11-14)18(12)20;/h7,9,12-14,16,18H,2-6,8,10-11,20H2,1H3;1H. The summed E-state index contributed by atoms with van der Waals surface area (Å²) < 4.78 is 0. The molecule has 3 nitrogen and oxygen atoms in total. The van der Waals surface area contributed by atoms with Crippen molar-refractivity contribution in [3.8, 4) is 0 Å². The Labute approximate surface area is 155 Å². The molecule has 1 aromatic rings. The number of carbonyl (C=O) groups excluding carboxylic acids is 1. The van der Waals surface area contributed by atoms with Gasteiger partial charge in [0.2, 0.25) is 5.91 Å². The van der Waals surface area contributed by atoms with Crippen LogP contribution in [-0.2, 0) is 11.2 Å². The first-order valence-corrected chi connectivity index (χ1v) is 10.2. The lowest BCUT2D eigenvalue weighted by Crippen LogP contribution is -2.51. The van der Waals surface area contributed by atoms with Crippen LogP contribution in [0, 0.1) is 17.8 Å². The number of fused-ring (bicyclic) bond motifs is 3. The number of thiophene rings is 1. The molecule has 2 heterocycles. The SMILES string of the molecule is CCC1c2ccsc2CCN1C(=O)C1CC2CCCC(C1)C2N.Cl. The molecule has 2 N–H and O–H groups in total. The summed E-state index contributed by atoms with van der Waals surface area (Å²) in [4.78, 5) is 17.0. The average Bonchev–Trinajstić information content (AvgIpc) is 3.01. The second-order valence-corrected chi connectivity index (χ2v) is 8.70. The van der Waals surface area contributed by atoms with Crippen LogP contribution < -0.4 is 5.73 Å². The van der Waals surface area contributed by atoms with Gasteiger partial charge in [0.05, 0.1) is 6.04 Å². The Bertz CT molecular complexity index is 576. The summed E-state index contributed by atoms with van der Waals surface area (Å²) in [5.74, 6) is 1.80. The fraction of sp³-hybridized carbons (Fsp3) is 0.737. The molecule has 3 atom stereocenters. The van der Waals surface area contributed by atoms with E-state index in [4.69, 9.17) is 5.73 Å². The number of hydrogen-bond acceptors (Lipinski definition) is 3. The molecule has 5 heteroatoms. The predicted octanol–water partition coefficient (Wildman–Crippen LogP) is 4.16. The highest BCUT2D eigenvalue weighted by atomic mass is 35.5. The topological polar surface area (TPSA) is 46.3 Å². The molecule has 1 aliphatic heterocycles. The first kappa shape index (κ1) is 18.2. The number of amides is 1. The number of hydrogen-bond donors (Lipinski definition) is 1. The minimum Gasteiger partial charge on any atom is -0.335 e. The quantitative estimate of drug-likeness (QED) is 0.851. The summed E-state index contributed by atoms with van der Waals surface area (Å²) in [6.07, 6.45) is 7.88. The van der Waals surface area contributed by atoms with Crippen molar-refractivity contribution in [2.75, 3.05) is 6.54 Å². The lowest BCUT2D eigenvalue weighted by atomic mass is 9.64. The Morgan fingerprint density at radius 3 is 2.71 bits per heavy atom. The maximum Gasteiger partial charge on any atom is 0.226 e. The van der Waals surface area contributed by atoms with Gasteiger partial charge >= 0.3 is 0 Å². The lowest BCUT2D eigenvalue weighted by molar-refractivity contribution is -0.141. The van der Waals surface area contributed by atoms with E-state index in [-0.39, 0.29) is 18.3 Å². The maximum atomic E-state index is 13.3. The van der Waals surface area contributed by atoms with Crippen LogP contribution in [-0.4, -0.2) is 23.4 Å². The highest BCUT2D eigenvalue weighted by Crippen LogP contribution is 2.44. The molecule has 2 aliphatic carbocycles. The molecular weight excluding hydrogens is 340 g/mol. The maximum absolute atomic E-state index is 13.3. The number of halogens is 1. The van der Waals surface area contributed by atoms with E-state index in [1.54, 1.807) is 0 Å². The largest absolute Gasteiger partial charge is 0.335 e. The summed E-state index contributed by atoms with van der Waals surface area (Å²) in [6, 6.07) is 2.88. The highest BCUT2D eigenvalue weighted by molar-refractivity contribution is 7.10. The van der Waals surface area contributed by atoms with Gasteiger partial charge in [0.1, 0.15) is 0 Å². The molecule has 1 amide bonds. The van der Waals surface area contributed by atoms with E-state index in [0.717, 1.165) is 32.2 Å². The molecular formula is C19H29ClN2OS. The third kappa shape index (κ3) is 3.02. The Morgan fingerprint density at radius 2 is 2.04 bits per heavy atom. The Balaban J connectivity index is 0.00000169. The summed E-state index contributed by atoms with van der Waals surface area (Å²) in [5.41, 5.74) is 7.81. The number of rotatable bonds is 2. The van der Waals surface area contributed by atoms with Crippen LogP contribution in [0.3, 0.4) is 0 Å². The minimum atomic E-state index is 0. The van der Waals surface area contributed by atoms with E-state index in [9.17, 15) is 4.79 Å². The molecule has 0 radical (unpaired) electrons. The highest BCUT2D eigenvalue weighted by Gasteiger charge is 2.43. The van der Waals surface area contributed by atoms with E-state index in [0.29, 0.717) is 29.8 Å². The van der Waals surface area contributed by atoms with Crippen LogP contribution in [0.1, 0.15) is 61.9 Å². The fourth-order valence-electron chi connectivity index (χ4n) is 5.33. The van der Waals surface area contributed by atoms with Crippen LogP contribution in [0.5, 0.6) is 0 Å². The Kier molecular flexibility index (Phi) is 5.58. The van der Waals surface area contributed by atoms with Crippen LogP contribution in [0.2, 0.25) is 0 Å². The average molecular weight is 369 g/mol. The molecule has 3 unspecified atom stereocenters. The molecule has 2 fully saturated rings. The molecule has 0 spiro atoms. The molecule has 2 bridgehead atoms. The molecule has 24 heavy (non-hydrogen) atoms. The number of nitrogens with zero attached hydrogens (tertiary/aromatic N) is 1. The number of carbonyl (C=O) groups is 1. The van der Waals surface area contributed by atoms with Crippen LogP contribution in [0.15, 0.2) is 11.4 Å². The van der Waals surface area contributed by atoms with E-state index < -0.39 is 0 Å². The van der Waals surface area contributed by atoms with Gasteiger partial charge in [-0.2, -0.15) is 0 Å². The first-order valence-electron chi connectivity index (χ1n) is 9.31. The monoisotopic (exact) mass is 368 g/mol. The molecule has 4 rings (SSSR count). The van der Waals surface area contributed by atoms with Crippen molar-refractivity contribution >= 4 is 29.7 Å². The molecule has 134 valence electrons. The fourth-order valence-corrected chi connectivity index (χ4v) is 6.25. The zero-order valence-electron chi connectivity index (χ0n) is 14.4. The van der Waals surface area contributed by atoms with Crippen LogP contribution in [0.25, 0.3) is 0 Å². The zero-order valence-corrected chi connectivity index (χ0v) is 16.1.